The third-order valence-corrected chi connectivity index (χ3v) is 4.37. The van der Waals surface area contributed by atoms with E-state index in [2.05, 4.69) is 26.6 Å². The molecule has 3 nitrogen and oxygen atoms in total. The van der Waals surface area contributed by atoms with E-state index in [4.69, 9.17) is 0 Å². The molecule has 2 N–H and O–H groups in total. The summed E-state index contributed by atoms with van der Waals surface area (Å²) in [5.74, 6) is -0.420. The smallest absolute Gasteiger partial charge is 0.232 e. The zero-order chi connectivity index (χ0) is 13.3. The Balaban J connectivity index is 2.41. The molecular formula is C13H16BrFN2O. The maximum Gasteiger partial charge on any atom is 0.232 e. The predicted molar refractivity (Wildman–Crippen MR) is 74.2 cm³/mol. The fraction of sp³-hybridized carbons (Fsp3) is 0.462. The molecule has 18 heavy (non-hydrogen) atoms. The van der Waals surface area contributed by atoms with Gasteiger partial charge in [-0.15, -0.1) is 0 Å². The molecule has 0 unspecified atom stereocenters. The van der Waals surface area contributed by atoms with E-state index in [0.29, 0.717) is 16.7 Å². The lowest BCUT2D eigenvalue weighted by atomic mass is 9.81. The van der Waals surface area contributed by atoms with Gasteiger partial charge in [-0.3, -0.25) is 4.79 Å². The summed E-state index contributed by atoms with van der Waals surface area (Å²) in [6, 6.07) is 3.00. The second kappa shape index (κ2) is 4.88. The first-order chi connectivity index (χ1) is 8.52. The maximum absolute atomic E-state index is 13.5. The number of carbonyl (C=O) groups excluding carboxylic acids is 1. The summed E-state index contributed by atoms with van der Waals surface area (Å²) in [7, 11) is 0. The first kappa shape index (κ1) is 13.3. The fourth-order valence-electron chi connectivity index (χ4n) is 2.22. The van der Waals surface area contributed by atoms with Crippen molar-refractivity contribution < 1.29 is 9.18 Å². The molecule has 0 saturated heterocycles. The largest absolute Gasteiger partial charge is 0.382 e. The third kappa shape index (κ3) is 2.11. The molecule has 1 amide bonds. The van der Waals surface area contributed by atoms with Crippen molar-refractivity contribution >= 4 is 33.2 Å². The minimum atomic E-state index is -0.429. The van der Waals surface area contributed by atoms with Crippen molar-refractivity contribution in [2.45, 2.75) is 26.7 Å². The number of halogens is 2. The quantitative estimate of drug-likeness (QED) is 0.872. The number of fused-ring (bicyclic) bond motifs is 1. The molecule has 0 saturated carbocycles. The Hall–Kier alpha value is -1.10. The molecule has 1 aliphatic heterocycles. The average molecular weight is 315 g/mol. The van der Waals surface area contributed by atoms with Crippen molar-refractivity contribution in [3.63, 3.8) is 0 Å². The second-order valence-electron chi connectivity index (χ2n) is 4.61. The van der Waals surface area contributed by atoms with Gasteiger partial charge in [0.05, 0.1) is 21.3 Å². The Bertz CT molecular complexity index is 486. The fourth-order valence-corrected chi connectivity index (χ4v) is 2.56. The number of anilines is 2. The van der Waals surface area contributed by atoms with Crippen LogP contribution in [0.3, 0.4) is 0 Å². The zero-order valence-corrected chi connectivity index (χ0v) is 12.0. The number of nitrogens with one attached hydrogen (secondary N) is 2. The minimum absolute atomic E-state index is 0.0412. The molecule has 1 aliphatic rings. The Morgan fingerprint density at radius 3 is 2.61 bits per heavy atom. The van der Waals surface area contributed by atoms with Crippen LogP contribution in [0.15, 0.2) is 16.6 Å². The number of rotatable bonds is 2. The third-order valence-electron chi connectivity index (χ3n) is 3.76. The molecule has 2 rings (SSSR count). The Kier molecular flexibility index (Phi) is 3.61. The summed E-state index contributed by atoms with van der Waals surface area (Å²) in [6.07, 6.45) is 1.50. The van der Waals surface area contributed by atoms with Gasteiger partial charge < -0.3 is 10.6 Å². The van der Waals surface area contributed by atoms with E-state index in [-0.39, 0.29) is 11.7 Å². The molecule has 98 valence electrons. The summed E-state index contributed by atoms with van der Waals surface area (Å²) in [5, 5.41) is 6.06. The van der Waals surface area contributed by atoms with Crippen LogP contribution in [0.4, 0.5) is 15.8 Å². The predicted octanol–water partition coefficient (Wildman–Crippen LogP) is 3.76. The van der Waals surface area contributed by atoms with Gasteiger partial charge in [0.25, 0.3) is 0 Å². The SMILES string of the molecule is CCC1(CC)CNc2cc(Br)c(F)cc2NC1=O. The highest BCUT2D eigenvalue weighted by Crippen LogP contribution is 2.36. The molecule has 5 heteroatoms. The summed E-state index contributed by atoms with van der Waals surface area (Å²) in [5.41, 5.74) is 0.826. The molecule has 1 aromatic carbocycles. The molecule has 0 aromatic heterocycles. The molecule has 0 fully saturated rings. The lowest BCUT2D eigenvalue weighted by Crippen LogP contribution is -2.39. The molecule has 0 atom stereocenters. The molecule has 0 spiro atoms. The van der Waals surface area contributed by atoms with E-state index < -0.39 is 5.41 Å². The van der Waals surface area contributed by atoms with Gasteiger partial charge in [-0.05, 0) is 34.8 Å². The van der Waals surface area contributed by atoms with Crippen LogP contribution >= 0.6 is 15.9 Å². The van der Waals surface area contributed by atoms with Crippen molar-refractivity contribution in [3.05, 3.63) is 22.4 Å². The van der Waals surface area contributed by atoms with Crippen molar-refractivity contribution in [3.8, 4) is 0 Å². The average Bonchev–Trinajstić information content (AvgIpc) is 2.48. The van der Waals surface area contributed by atoms with Crippen LogP contribution < -0.4 is 10.6 Å². The standard InChI is InChI=1S/C13H16BrFN2O/c1-3-13(4-2)7-16-10-5-8(14)9(15)6-11(10)17-12(13)18/h5-6,16H,3-4,7H2,1-2H3,(H,17,18). The van der Waals surface area contributed by atoms with Crippen LogP contribution in [0.1, 0.15) is 26.7 Å². The molecule has 1 aromatic rings. The second-order valence-corrected chi connectivity index (χ2v) is 5.46. The Labute approximate surface area is 114 Å². The van der Waals surface area contributed by atoms with Crippen LogP contribution in [0.25, 0.3) is 0 Å². The summed E-state index contributed by atoms with van der Waals surface area (Å²) in [6.45, 7) is 4.56. The van der Waals surface area contributed by atoms with Gasteiger partial charge in [0.15, 0.2) is 0 Å². The highest BCUT2D eigenvalue weighted by Gasteiger charge is 2.37. The van der Waals surface area contributed by atoms with Gasteiger partial charge >= 0.3 is 0 Å². The van der Waals surface area contributed by atoms with E-state index in [1.807, 2.05) is 13.8 Å². The van der Waals surface area contributed by atoms with E-state index in [0.717, 1.165) is 18.5 Å². The molecule has 0 radical (unpaired) electrons. The van der Waals surface area contributed by atoms with Crippen LogP contribution in [-0.4, -0.2) is 12.5 Å². The molecule has 0 aliphatic carbocycles. The number of hydrogen-bond acceptors (Lipinski definition) is 2. The van der Waals surface area contributed by atoms with Gasteiger partial charge in [-0.25, -0.2) is 4.39 Å². The van der Waals surface area contributed by atoms with Crippen molar-refractivity contribution in [2.24, 2.45) is 5.41 Å². The van der Waals surface area contributed by atoms with E-state index in [9.17, 15) is 9.18 Å². The van der Waals surface area contributed by atoms with Crippen molar-refractivity contribution in [2.75, 3.05) is 17.2 Å². The van der Waals surface area contributed by atoms with Gasteiger partial charge in [0.2, 0.25) is 5.91 Å². The minimum Gasteiger partial charge on any atom is -0.382 e. The van der Waals surface area contributed by atoms with E-state index >= 15 is 0 Å². The number of benzene rings is 1. The first-order valence-electron chi connectivity index (χ1n) is 6.07. The number of carbonyl (C=O) groups is 1. The van der Waals surface area contributed by atoms with Crippen LogP contribution in [0, 0.1) is 11.2 Å². The van der Waals surface area contributed by atoms with Gasteiger partial charge in [-0.1, -0.05) is 13.8 Å². The van der Waals surface area contributed by atoms with E-state index in [1.165, 1.54) is 6.07 Å². The van der Waals surface area contributed by atoms with Crippen LogP contribution in [0.2, 0.25) is 0 Å². The van der Waals surface area contributed by atoms with Gasteiger partial charge in [0, 0.05) is 12.6 Å². The highest BCUT2D eigenvalue weighted by molar-refractivity contribution is 9.10. The normalized spacial score (nSPS) is 17.4. The number of amides is 1. The summed E-state index contributed by atoms with van der Waals surface area (Å²) in [4.78, 5) is 12.3. The van der Waals surface area contributed by atoms with Gasteiger partial charge in [0.1, 0.15) is 5.82 Å². The monoisotopic (exact) mass is 314 g/mol. The molecular weight excluding hydrogens is 299 g/mol. The summed E-state index contributed by atoms with van der Waals surface area (Å²) < 4.78 is 13.9. The first-order valence-corrected chi connectivity index (χ1v) is 6.86. The molecule has 1 heterocycles. The maximum atomic E-state index is 13.5. The van der Waals surface area contributed by atoms with Crippen molar-refractivity contribution in [1.29, 1.82) is 0 Å². The zero-order valence-electron chi connectivity index (χ0n) is 10.4. The van der Waals surface area contributed by atoms with Crippen molar-refractivity contribution in [1.82, 2.24) is 0 Å². The van der Waals surface area contributed by atoms with Crippen LogP contribution in [0.5, 0.6) is 0 Å². The topological polar surface area (TPSA) is 41.1 Å². The Morgan fingerprint density at radius 2 is 2.00 bits per heavy atom. The van der Waals surface area contributed by atoms with Gasteiger partial charge in [-0.2, -0.15) is 0 Å². The highest BCUT2D eigenvalue weighted by atomic mass is 79.9. The van der Waals surface area contributed by atoms with E-state index in [1.54, 1.807) is 6.07 Å². The summed E-state index contributed by atoms with van der Waals surface area (Å²) >= 11 is 3.15. The number of hydrogen-bond donors (Lipinski definition) is 2. The lowest BCUT2D eigenvalue weighted by molar-refractivity contribution is -0.125. The Morgan fingerprint density at radius 1 is 1.33 bits per heavy atom. The molecule has 0 bridgehead atoms. The lowest BCUT2D eigenvalue weighted by Gasteiger charge is -2.27. The van der Waals surface area contributed by atoms with Crippen LogP contribution in [-0.2, 0) is 4.79 Å².